The van der Waals surface area contributed by atoms with Crippen molar-refractivity contribution in [1.29, 1.82) is 0 Å². The molecule has 1 fully saturated rings. The number of amidine groups is 1. The van der Waals surface area contributed by atoms with Crippen LogP contribution in [0.5, 0.6) is 5.75 Å². The van der Waals surface area contributed by atoms with E-state index in [-0.39, 0.29) is 75.3 Å². The Hall–Kier alpha value is -5.04. The zero-order valence-corrected chi connectivity index (χ0v) is 49.3. The van der Waals surface area contributed by atoms with Crippen LogP contribution in [0.4, 0.5) is 23.2 Å². The van der Waals surface area contributed by atoms with Gasteiger partial charge in [-0.1, -0.05) is 26.0 Å². The Bertz CT molecular complexity index is 2620. The molecular formula is C58H83F4N5O16S. The summed E-state index contributed by atoms with van der Waals surface area (Å²) >= 11 is 0. The Labute approximate surface area is 490 Å². The molecule has 3 N–H and O–H groups in total. The molecule has 26 heteroatoms. The maximum absolute atomic E-state index is 13.9. The number of aliphatic imine (C=N–C) groups is 1. The molecule has 21 nitrogen and oxygen atoms in total. The largest absolute Gasteiger partial charge is 0.420 e. The number of nitrogens with zero attached hydrogens (tertiary/aromatic N) is 4. The number of rotatable bonds is 45. The van der Waals surface area contributed by atoms with Gasteiger partial charge in [0.15, 0.2) is 11.6 Å². The number of ether oxygens (including phenoxy) is 11. The van der Waals surface area contributed by atoms with Gasteiger partial charge in [0.05, 0.1) is 149 Å². The smallest absolute Gasteiger partial charge is 0.313 e. The topological polar surface area (TPSA) is 238 Å². The van der Waals surface area contributed by atoms with Crippen LogP contribution in [0.3, 0.4) is 0 Å². The normalized spacial score (nSPS) is 13.9. The fourth-order valence-corrected chi connectivity index (χ4v) is 10.2. The molecule has 2 aliphatic heterocycles. The van der Waals surface area contributed by atoms with E-state index in [1.807, 2.05) is 56.1 Å². The van der Waals surface area contributed by atoms with Crippen LogP contribution in [0.25, 0.3) is 17.2 Å². The quantitative estimate of drug-likeness (QED) is 0.0232. The molecule has 0 spiro atoms. The highest BCUT2D eigenvalue weighted by Crippen LogP contribution is 2.35. The minimum absolute atomic E-state index is 0.0137. The highest BCUT2D eigenvalue weighted by Gasteiger charge is 2.37. The van der Waals surface area contributed by atoms with Gasteiger partial charge in [-0.2, -0.15) is 13.1 Å². The summed E-state index contributed by atoms with van der Waals surface area (Å²) in [6.45, 7) is 13.6. The van der Waals surface area contributed by atoms with Crippen molar-refractivity contribution in [3.05, 3.63) is 82.4 Å². The van der Waals surface area contributed by atoms with Gasteiger partial charge < -0.3 is 67.8 Å². The summed E-state index contributed by atoms with van der Waals surface area (Å²) in [5, 5.41) is 9.60. The van der Waals surface area contributed by atoms with Gasteiger partial charge in [0.25, 0.3) is 0 Å². The zero-order chi connectivity index (χ0) is 60.5. The lowest BCUT2D eigenvalue weighted by molar-refractivity contribution is -0.136. The number of carbonyl (C=O) groups is 2. The first-order chi connectivity index (χ1) is 40.6. The summed E-state index contributed by atoms with van der Waals surface area (Å²) in [6, 6.07) is 11.1. The first kappa shape index (κ1) is 69.7. The second-order valence-electron chi connectivity index (χ2n) is 19.6. The lowest BCUT2D eigenvalue weighted by Crippen LogP contribution is -2.51. The third kappa shape index (κ3) is 24.4. The molecule has 0 radical (unpaired) electrons. The predicted molar refractivity (Wildman–Crippen MR) is 303 cm³/mol. The number of sulfonamides is 1. The standard InChI is InChI=1S/C58H83F4N5O16S/c1-4-9-66(10-5-2)58(70)48-34-46-7-6-45(36-52(46)64-53(63)37-48)47-32-43(33-49(35-47)84(71,72)67-40-44(41-67)42-68)39-65(3)11-13-74-15-17-76-19-21-78-23-25-80-27-29-82-31-30-81-28-26-79-24-22-77-20-18-75-16-14-73-12-8-54(69)83-57-55(61)50(59)38-51(60)56(57)62/h6-7,32-36,38,44,68H,4-5,8-31,37,39-42H2,1-3H3,(H2,63,64). The van der Waals surface area contributed by atoms with Crippen LogP contribution in [0.1, 0.15) is 50.7 Å². The van der Waals surface area contributed by atoms with Crippen LogP contribution >= 0.6 is 0 Å². The summed E-state index contributed by atoms with van der Waals surface area (Å²) in [7, 11) is -1.90. The van der Waals surface area contributed by atoms with E-state index in [2.05, 4.69) is 9.64 Å². The highest BCUT2D eigenvalue weighted by molar-refractivity contribution is 7.89. The Morgan fingerprint density at radius 2 is 1.12 bits per heavy atom. The van der Waals surface area contributed by atoms with E-state index in [0.717, 1.165) is 29.5 Å². The van der Waals surface area contributed by atoms with Gasteiger partial charge in [0.2, 0.25) is 33.3 Å². The summed E-state index contributed by atoms with van der Waals surface area (Å²) in [5.74, 6) is -9.36. The first-order valence-electron chi connectivity index (χ1n) is 28.4. The Balaban J connectivity index is 0.836. The van der Waals surface area contributed by atoms with Crippen LogP contribution < -0.4 is 10.5 Å². The van der Waals surface area contributed by atoms with Crippen LogP contribution in [-0.2, 0) is 73.5 Å². The van der Waals surface area contributed by atoms with Crippen molar-refractivity contribution < 1.29 is 92.8 Å². The molecule has 0 atom stereocenters. The summed E-state index contributed by atoms with van der Waals surface area (Å²) in [4.78, 5) is 34.1. The van der Waals surface area contributed by atoms with Gasteiger partial charge in [0.1, 0.15) is 5.84 Å². The maximum atomic E-state index is 13.9. The molecule has 0 aliphatic carbocycles. The second kappa shape index (κ2) is 38.9. The molecule has 3 aromatic carbocycles. The fraction of sp³-hybridized carbons (Fsp3) is 0.603. The number of aliphatic hydroxyl groups is 1. The number of benzene rings is 3. The third-order valence-electron chi connectivity index (χ3n) is 12.8. The van der Waals surface area contributed by atoms with Gasteiger partial charge in [-0.25, -0.2) is 22.2 Å². The third-order valence-corrected chi connectivity index (χ3v) is 14.6. The molecule has 1 saturated heterocycles. The summed E-state index contributed by atoms with van der Waals surface area (Å²) in [5.41, 5.74) is 10.6. The van der Waals surface area contributed by atoms with E-state index in [1.54, 1.807) is 12.1 Å². The molecule has 470 valence electrons. The van der Waals surface area contributed by atoms with Gasteiger partial charge in [-0.15, -0.1) is 0 Å². The molecule has 84 heavy (non-hydrogen) atoms. The average molecular weight is 1210 g/mol. The Morgan fingerprint density at radius 1 is 0.643 bits per heavy atom. The van der Waals surface area contributed by atoms with Crippen LogP contribution in [0.2, 0.25) is 0 Å². The second-order valence-corrected chi connectivity index (χ2v) is 21.6. The van der Waals surface area contributed by atoms with Crippen molar-refractivity contribution in [2.45, 2.75) is 51.0 Å². The van der Waals surface area contributed by atoms with Crippen molar-refractivity contribution in [3.63, 3.8) is 0 Å². The number of esters is 1. The lowest BCUT2D eigenvalue weighted by atomic mass is 9.99. The van der Waals surface area contributed by atoms with E-state index in [4.69, 9.17) is 58.1 Å². The highest BCUT2D eigenvalue weighted by atomic mass is 32.2. The van der Waals surface area contributed by atoms with Crippen LogP contribution in [0, 0.1) is 29.2 Å². The number of hydrogen-bond acceptors (Lipinski definition) is 19. The maximum Gasteiger partial charge on any atom is 0.313 e. The molecule has 2 aliphatic rings. The van der Waals surface area contributed by atoms with Crippen molar-refractivity contribution in [1.82, 2.24) is 14.1 Å². The fourth-order valence-electron chi connectivity index (χ4n) is 8.47. The Kier molecular flexibility index (Phi) is 32.3. The van der Waals surface area contributed by atoms with Crippen molar-refractivity contribution in [2.24, 2.45) is 16.6 Å². The van der Waals surface area contributed by atoms with Gasteiger partial charge in [0, 0.05) is 75.4 Å². The monoisotopic (exact) mass is 1210 g/mol. The lowest BCUT2D eigenvalue weighted by Gasteiger charge is -2.37. The molecule has 5 rings (SSSR count). The predicted octanol–water partition coefficient (Wildman–Crippen LogP) is 5.54. The number of carbonyl (C=O) groups excluding carboxylic acids is 2. The summed E-state index contributed by atoms with van der Waals surface area (Å²) < 4.78 is 142. The van der Waals surface area contributed by atoms with Gasteiger partial charge in [-0.05, 0) is 66.9 Å². The van der Waals surface area contributed by atoms with Gasteiger partial charge in [-0.3, -0.25) is 14.5 Å². The first-order valence-corrected chi connectivity index (χ1v) is 29.8. The van der Waals surface area contributed by atoms with E-state index in [1.165, 1.54) is 4.31 Å². The molecular weight excluding hydrogens is 1130 g/mol. The minimum Gasteiger partial charge on any atom is -0.420 e. The van der Waals surface area contributed by atoms with E-state index < -0.39 is 51.4 Å². The molecule has 0 bridgehead atoms. The van der Waals surface area contributed by atoms with Gasteiger partial charge >= 0.3 is 5.97 Å². The van der Waals surface area contributed by atoms with Crippen molar-refractivity contribution >= 4 is 39.5 Å². The van der Waals surface area contributed by atoms with Crippen LogP contribution in [-0.4, -0.2) is 224 Å². The van der Waals surface area contributed by atoms with Crippen molar-refractivity contribution in [2.75, 3.05) is 179 Å². The number of fused-ring (bicyclic) bond motifs is 1. The zero-order valence-electron chi connectivity index (χ0n) is 48.5. The SMILES string of the molecule is CCCN(CCC)C(=O)C1=Cc2ccc(-c3cc(CN(C)CCOCCOCCOCCOCCOCCOCCOCCOCCOCCOCCC(=O)Oc4c(F)c(F)cc(F)c4F)cc(S(=O)(=O)N4CC(CO)C4)c3)cc2N=C(N)C1. The molecule has 2 heterocycles. The molecule has 0 saturated carbocycles. The minimum atomic E-state index is -3.84. The molecule has 0 unspecified atom stereocenters. The number of nitrogens with two attached hydrogens (primary N) is 1. The number of amides is 1. The number of aliphatic hydroxyl groups excluding tert-OH is 1. The molecule has 0 aromatic heterocycles. The number of likely N-dealkylation sites (N-methyl/N-ethyl adjacent to an activating group) is 1. The summed E-state index contributed by atoms with van der Waals surface area (Å²) in [6.07, 6.45) is 3.37. The van der Waals surface area contributed by atoms with Crippen molar-refractivity contribution in [3.8, 4) is 16.9 Å². The Morgan fingerprint density at radius 3 is 1.60 bits per heavy atom. The number of hydrogen-bond donors (Lipinski definition) is 2. The van der Waals surface area contributed by atoms with Crippen LogP contribution in [0.15, 0.2) is 57.9 Å². The average Bonchev–Trinajstić information content (AvgIpc) is 1.78. The number of halogens is 4. The van der Waals surface area contributed by atoms with E-state index >= 15 is 0 Å². The molecule has 1 amide bonds. The van der Waals surface area contributed by atoms with E-state index in [9.17, 15) is 40.7 Å². The molecule has 3 aromatic rings. The van der Waals surface area contributed by atoms with E-state index in [0.29, 0.717) is 155 Å².